The number of anilines is 2. The van der Waals surface area contributed by atoms with E-state index in [0.29, 0.717) is 0 Å². The number of carbonyl (C=O) groups is 1. The first-order chi connectivity index (χ1) is 13.8. The number of methoxy groups -OCH3 is 1. The van der Waals surface area contributed by atoms with Crippen LogP contribution in [0, 0.1) is 21.4 Å². The molecule has 152 valence electrons. The van der Waals surface area contributed by atoms with Gasteiger partial charge >= 0.3 is 6.61 Å². The Kier molecular flexibility index (Phi) is 6.86. The summed E-state index contributed by atoms with van der Waals surface area (Å²) in [4.78, 5) is 22.8. The molecule has 0 aliphatic heterocycles. The van der Waals surface area contributed by atoms with Crippen LogP contribution in [0.4, 0.5) is 25.8 Å². The van der Waals surface area contributed by atoms with E-state index in [4.69, 9.17) is 10.00 Å². The third-order valence-electron chi connectivity index (χ3n) is 3.67. The number of alkyl halides is 2. The monoisotopic (exact) mass is 406 g/mol. The molecule has 0 atom stereocenters. The summed E-state index contributed by atoms with van der Waals surface area (Å²) >= 11 is 0. The third-order valence-corrected chi connectivity index (χ3v) is 3.67. The first-order valence-electron chi connectivity index (χ1n) is 8.21. The standard InChI is InChI=1S/C18H16F2N4O5/c1-3-22-17(25)16-14(28-2)7-11(8-15(16)29-18(19)20)23-12-5-4-10(9-21)6-13(12)24(26)27/h4-8,18,23H,3H2,1-2H3,(H,22,25). The maximum Gasteiger partial charge on any atom is 0.387 e. The number of nitro benzene ring substituents is 1. The van der Waals surface area contributed by atoms with Gasteiger partial charge in [-0.3, -0.25) is 14.9 Å². The van der Waals surface area contributed by atoms with Gasteiger partial charge in [0.15, 0.2) is 0 Å². The second-order valence-corrected chi connectivity index (χ2v) is 5.52. The predicted octanol–water partition coefficient (Wildman–Crippen LogP) is 3.57. The van der Waals surface area contributed by atoms with Crippen LogP contribution in [0.15, 0.2) is 30.3 Å². The lowest BCUT2D eigenvalue weighted by molar-refractivity contribution is -0.383. The van der Waals surface area contributed by atoms with Crippen molar-refractivity contribution < 1.29 is 28.0 Å². The number of nitrogens with one attached hydrogen (secondary N) is 2. The number of nitro groups is 1. The van der Waals surface area contributed by atoms with Crippen molar-refractivity contribution >= 4 is 23.0 Å². The first kappa shape index (κ1) is 21.4. The van der Waals surface area contributed by atoms with E-state index in [-0.39, 0.29) is 34.8 Å². The minimum atomic E-state index is -3.22. The van der Waals surface area contributed by atoms with Gasteiger partial charge in [0.05, 0.1) is 23.7 Å². The van der Waals surface area contributed by atoms with Crippen LogP contribution in [-0.4, -0.2) is 31.1 Å². The molecule has 0 saturated heterocycles. The van der Waals surface area contributed by atoms with Crippen LogP contribution in [0.1, 0.15) is 22.8 Å². The van der Waals surface area contributed by atoms with Crippen molar-refractivity contribution in [2.45, 2.75) is 13.5 Å². The summed E-state index contributed by atoms with van der Waals surface area (Å²) in [6.45, 7) is -1.32. The molecule has 0 fully saturated rings. The third kappa shape index (κ3) is 5.07. The molecule has 0 radical (unpaired) electrons. The Balaban J connectivity index is 2.56. The van der Waals surface area contributed by atoms with Crippen LogP contribution in [0.3, 0.4) is 0 Å². The normalized spacial score (nSPS) is 10.2. The first-order valence-corrected chi connectivity index (χ1v) is 8.21. The second-order valence-electron chi connectivity index (χ2n) is 5.52. The highest BCUT2D eigenvalue weighted by molar-refractivity contribution is 6.00. The number of hydrogen-bond acceptors (Lipinski definition) is 7. The van der Waals surface area contributed by atoms with Crippen LogP contribution in [0.25, 0.3) is 0 Å². The number of amides is 1. The van der Waals surface area contributed by atoms with Crippen molar-refractivity contribution in [3.8, 4) is 17.6 Å². The summed E-state index contributed by atoms with van der Waals surface area (Å²) in [5.41, 5.74) is -0.460. The molecule has 2 aromatic carbocycles. The van der Waals surface area contributed by atoms with Gasteiger partial charge in [-0.2, -0.15) is 14.0 Å². The molecule has 0 aliphatic carbocycles. The quantitative estimate of drug-likeness (QED) is 0.507. The molecule has 2 aromatic rings. The van der Waals surface area contributed by atoms with Gasteiger partial charge in [0.1, 0.15) is 22.7 Å². The number of halogens is 2. The smallest absolute Gasteiger partial charge is 0.387 e. The molecule has 2 rings (SSSR count). The highest BCUT2D eigenvalue weighted by Gasteiger charge is 2.23. The largest absolute Gasteiger partial charge is 0.496 e. The zero-order chi connectivity index (χ0) is 21.6. The Hall–Kier alpha value is -3.94. The summed E-state index contributed by atoms with van der Waals surface area (Å²) in [7, 11) is 1.23. The summed E-state index contributed by atoms with van der Waals surface area (Å²) in [5.74, 6) is -1.23. The molecule has 29 heavy (non-hydrogen) atoms. The summed E-state index contributed by atoms with van der Waals surface area (Å²) in [5, 5.41) is 25.4. The van der Waals surface area contributed by atoms with E-state index < -0.39 is 28.9 Å². The second kappa shape index (κ2) is 9.32. The lowest BCUT2D eigenvalue weighted by Crippen LogP contribution is -2.24. The van der Waals surface area contributed by atoms with Crippen LogP contribution in [0.2, 0.25) is 0 Å². The number of benzene rings is 2. The van der Waals surface area contributed by atoms with Crippen molar-refractivity contribution in [3.63, 3.8) is 0 Å². The van der Waals surface area contributed by atoms with Crippen LogP contribution in [-0.2, 0) is 0 Å². The molecule has 11 heteroatoms. The Morgan fingerprint density at radius 3 is 2.55 bits per heavy atom. The Morgan fingerprint density at radius 1 is 1.31 bits per heavy atom. The molecule has 0 saturated carbocycles. The number of nitriles is 1. The average Bonchev–Trinajstić information content (AvgIpc) is 2.67. The predicted molar refractivity (Wildman–Crippen MR) is 98.7 cm³/mol. The number of ether oxygens (including phenoxy) is 2. The molecule has 0 heterocycles. The lowest BCUT2D eigenvalue weighted by atomic mass is 10.1. The molecule has 0 unspecified atom stereocenters. The SMILES string of the molecule is CCNC(=O)c1c(OC)cc(Nc2ccc(C#N)cc2[N+](=O)[O-])cc1OC(F)F. The van der Waals surface area contributed by atoms with Gasteiger partial charge in [0.2, 0.25) is 0 Å². The Labute approximate surface area is 164 Å². The molecule has 2 N–H and O–H groups in total. The topological polar surface area (TPSA) is 127 Å². The lowest BCUT2D eigenvalue weighted by Gasteiger charge is -2.17. The van der Waals surface area contributed by atoms with Gasteiger partial charge in [-0.25, -0.2) is 0 Å². The van der Waals surface area contributed by atoms with E-state index in [1.54, 1.807) is 13.0 Å². The Bertz CT molecular complexity index is 975. The van der Waals surface area contributed by atoms with E-state index in [9.17, 15) is 23.7 Å². The molecule has 0 aliphatic rings. The average molecular weight is 406 g/mol. The molecule has 0 bridgehead atoms. The van der Waals surface area contributed by atoms with Gasteiger partial charge < -0.3 is 20.1 Å². The highest BCUT2D eigenvalue weighted by Crippen LogP contribution is 2.37. The number of rotatable bonds is 8. The van der Waals surface area contributed by atoms with Crippen molar-refractivity contribution in [2.75, 3.05) is 19.0 Å². The minimum absolute atomic E-state index is 0.00445. The van der Waals surface area contributed by atoms with Crippen LogP contribution in [0.5, 0.6) is 11.5 Å². The van der Waals surface area contributed by atoms with Crippen molar-refractivity contribution in [1.29, 1.82) is 5.26 Å². The fourth-order valence-corrected chi connectivity index (χ4v) is 2.50. The molecule has 9 nitrogen and oxygen atoms in total. The molecular weight excluding hydrogens is 390 g/mol. The molecular formula is C18H16F2N4O5. The maximum absolute atomic E-state index is 12.9. The van der Waals surface area contributed by atoms with Gasteiger partial charge in [-0.1, -0.05) is 0 Å². The van der Waals surface area contributed by atoms with E-state index in [2.05, 4.69) is 15.4 Å². The van der Waals surface area contributed by atoms with E-state index >= 15 is 0 Å². The summed E-state index contributed by atoms with van der Waals surface area (Å²) in [6.07, 6.45) is 0. The summed E-state index contributed by atoms with van der Waals surface area (Å²) in [6, 6.07) is 7.93. The van der Waals surface area contributed by atoms with Gasteiger partial charge in [0, 0.05) is 30.4 Å². The van der Waals surface area contributed by atoms with Gasteiger partial charge in [0.25, 0.3) is 11.6 Å². The fraction of sp³-hybridized carbons (Fsp3) is 0.222. The van der Waals surface area contributed by atoms with E-state index in [1.807, 2.05) is 0 Å². The molecule has 0 spiro atoms. The number of nitrogens with zero attached hydrogens (tertiary/aromatic N) is 2. The van der Waals surface area contributed by atoms with Crippen LogP contribution < -0.4 is 20.1 Å². The number of hydrogen-bond donors (Lipinski definition) is 2. The number of carbonyl (C=O) groups excluding carboxylic acids is 1. The van der Waals surface area contributed by atoms with E-state index in [0.717, 1.165) is 12.1 Å². The highest BCUT2D eigenvalue weighted by atomic mass is 19.3. The molecule has 1 amide bonds. The molecule has 0 aromatic heterocycles. The van der Waals surface area contributed by atoms with Gasteiger partial charge in [-0.05, 0) is 19.1 Å². The van der Waals surface area contributed by atoms with Crippen molar-refractivity contribution in [3.05, 3.63) is 51.6 Å². The maximum atomic E-state index is 12.9. The van der Waals surface area contributed by atoms with Crippen molar-refractivity contribution in [2.24, 2.45) is 0 Å². The van der Waals surface area contributed by atoms with Crippen molar-refractivity contribution in [1.82, 2.24) is 5.32 Å². The Morgan fingerprint density at radius 2 is 2.00 bits per heavy atom. The fourth-order valence-electron chi connectivity index (χ4n) is 2.50. The zero-order valence-electron chi connectivity index (χ0n) is 15.4. The van der Waals surface area contributed by atoms with E-state index in [1.165, 1.54) is 25.3 Å². The zero-order valence-corrected chi connectivity index (χ0v) is 15.4. The summed E-state index contributed by atoms with van der Waals surface area (Å²) < 4.78 is 35.3. The van der Waals surface area contributed by atoms with Crippen LogP contribution >= 0.6 is 0 Å². The minimum Gasteiger partial charge on any atom is -0.496 e. The van der Waals surface area contributed by atoms with Gasteiger partial charge in [-0.15, -0.1) is 0 Å².